The number of amides is 2. The van der Waals surface area contributed by atoms with Gasteiger partial charge >= 0.3 is 0 Å². The van der Waals surface area contributed by atoms with Crippen LogP contribution in [0.3, 0.4) is 0 Å². The van der Waals surface area contributed by atoms with Crippen LogP contribution in [-0.4, -0.2) is 31.1 Å². The van der Waals surface area contributed by atoms with Gasteiger partial charge in [0.2, 0.25) is 11.8 Å². The van der Waals surface area contributed by atoms with Gasteiger partial charge in [-0.15, -0.1) is 0 Å². The number of halogens is 1. The lowest BCUT2D eigenvalue weighted by Crippen LogP contribution is -2.33. The zero-order chi connectivity index (χ0) is 18.8. The molecule has 0 spiro atoms. The molecule has 1 unspecified atom stereocenters. The van der Waals surface area contributed by atoms with E-state index in [1.165, 1.54) is 26.2 Å². The van der Waals surface area contributed by atoms with Gasteiger partial charge in [-0.25, -0.2) is 0 Å². The maximum atomic E-state index is 12.2. The van der Waals surface area contributed by atoms with Crippen molar-refractivity contribution in [3.05, 3.63) is 34.9 Å². The van der Waals surface area contributed by atoms with Crippen molar-refractivity contribution in [1.82, 2.24) is 10.6 Å². The number of ether oxygens (including phenoxy) is 1. The number of benzene rings is 1. The maximum Gasteiger partial charge on any atom is 0.222 e. The van der Waals surface area contributed by atoms with Crippen LogP contribution in [0.25, 0.3) is 0 Å². The predicted molar refractivity (Wildman–Crippen MR) is 103 cm³/mol. The average molecular weight is 381 g/mol. The van der Waals surface area contributed by atoms with Gasteiger partial charge in [-0.05, 0) is 37.0 Å². The summed E-state index contributed by atoms with van der Waals surface area (Å²) in [7, 11) is 0. The quantitative estimate of drug-likeness (QED) is 0.641. The molecule has 0 radical (unpaired) electrons. The van der Waals surface area contributed by atoms with E-state index in [1.807, 2.05) is 12.1 Å². The molecule has 6 heteroatoms. The smallest absolute Gasteiger partial charge is 0.222 e. The Hall–Kier alpha value is -1.59. The van der Waals surface area contributed by atoms with Crippen molar-refractivity contribution < 1.29 is 14.3 Å². The number of nitrogens with one attached hydrogen (secondary N) is 2. The van der Waals surface area contributed by atoms with Gasteiger partial charge in [0, 0.05) is 25.1 Å². The lowest BCUT2D eigenvalue weighted by Gasteiger charge is -2.22. The van der Waals surface area contributed by atoms with Crippen LogP contribution in [-0.2, 0) is 14.3 Å². The second-order valence-corrected chi connectivity index (χ2v) is 7.28. The van der Waals surface area contributed by atoms with E-state index in [9.17, 15) is 9.59 Å². The molecule has 2 rings (SSSR count). The van der Waals surface area contributed by atoms with Crippen LogP contribution in [0.15, 0.2) is 24.3 Å². The van der Waals surface area contributed by atoms with Crippen molar-refractivity contribution in [2.24, 2.45) is 0 Å². The van der Waals surface area contributed by atoms with E-state index in [4.69, 9.17) is 16.3 Å². The van der Waals surface area contributed by atoms with Crippen molar-refractivity contribution >= 4 is 23.4 Å². The molecule has 1 atom stereocenters. The van der Waals surface area contributed by atoms with Gasteiger partial charge in [-0.3, -0.25) is 9.59 Å². The number of hydrogen-bond acceptors (Lipinski definition) is 3. The number of hydrogen-bond donors (Lipinski definition) is 2. The van der Waals surface area contributed by atoms with E-state index < -0.39 is 0 Å². The first-order valence-electron chi connectivity index (χ1n) is 9.45. The van der Waals surface area contributed by atoms with Crippen LogP contribution in [0.4, 0.5) is 0 Å². The standard InChI is InChI=1S/C20H29ClN2O3/c1-15(24)23-19(16-8-10-17(21)11-9-16)14-20(25)22-12-5-13-26-18-6-3-2-4-7-18/h8-11,18-19H,2-7,12-14H2,1H3,(H,22,25)(H,23,24). The highest BCUT2D eigenvalue weighted by Crippen LogP contribution is 2.21. The lowest BCUT2D eigenvalue weighted by molar-refractivity contribution is -0.122. The molecule has 5 nitrogen and oxygen atoms in total. The molecule has 0 saturated heterocycles. The van der Waals surface area contributed by atoms with Gasteiger partial charge in [0.05, 0.1) is 18.6 Å². The van der Waals surface area contributed by atoms with Crippen LogP contribution in [0.1, 0.15) is 63.5 Å². The molecule has 1 aliphatic carbocycles. The topological polar surface area (TPSA) is 67.4 Å². The lowest BCUT2D eigenvalue weighted by atomic mass is 9.98. The number of carbonyl (C=O) groups is 2. The minimum atomic E-state index is -0.358. The molecule has 0 heterocycles. The van der Waals surface area contributed by atoms with Gasteiger partial charge in [0.1, 0.15) is 0 Å². The summed E-state index contributed by atoms with van der Waals surface area (Å²) in [6.07, 6.45) is 7.55. The zero-order valence-electron chi connectivity index (χ0n) is 15.4. The van der Waals surface area contributed by atoms with Crippen molar-refractivity contribution in [3.63, 3.8) is 0 Å². The highest BCUT2D eigenvalue weighted by molar-refractivity contribution is 6.30. The summed E-state index contributed by atoms with van der Waals surface area (Å²) in [5.41, 5.74) is 0.861. The van der Waals surface area contributed by atoms with Gasteiger partial charge in [0.15, 0.2) is 0 Å². The summed E-state index contributed by atoms with van der Waals surface area (Å²) >= 11 is 5.90. The highest BCUT2D eigenvalue weighted by atomic mass is 35.5. The van der Waals surface area contributed by atoms with Gasteiger partial charge in [-0.2, -0.15) is 0 Å². The summed E-state index contributed by atoms with van der Waals surface area (Å²) in [5, 5.41) is 6.36. The number of carbonyl (C=O) groups excluding carboxylic acids is 2. The van der Waals surface area contributed by atoms with Crippen LogP contribution in [0.2, 0.25) is 5.02 Å². The first-order valence-corrected chi connectivity index (χ1v) is 9.83. The minimum absolute atomic E-state index is 0.0867. The van der Waals surface area contributed by atoms with E-state index in [1.54, 1.807) is 12.1 Å². The Balaban J connectivity index is 1.70. The van der Waals surface area contributed by atoms with E-state index in [0.29, 0.717) is 24.3 Å². The molecule has 1 aliphatic rings. The van der Waals surface area contributed by atoms with Crippen LogP contribution < -0.4 is 10.6 Å². The molecule has 0 bridgehead atoms. The Morgan fingerprint density at radius 3 is 2.54 bits per heavy atom. The molecule has 2 N–H and O–H groups in total. The maximum absolute atomic E-state index is 12.2. The zero-order valence-corrected chi connectivity index (χ0v) is 16.2. The molecular weight excluding hydrogens is 352 g/mol. The summed E-state index contributed by atoms with van der Waals surface area (Å²) in [6, 6.07) is 6.81. The Kier molecular flexibility index (Phi) is 8.92. The van der Waals surface area contributed by atoms with Crippen molar-refractivity contribution in [1.29, 1.82) is 0 Å². The van der Waals surface area contributed by atoms with Crippen molar-refractivity contribution in [3.8, 4) is 0 Å². The first-order chi connectivity index (χ1) is 12.5. The molecular formula is C20H29ClN2O3. The first kappa shape index (κ1) is 20.7. The van der Waals surface area contributed by atoms with Crippen molar-refractivity contribution in [2.75, 3.05) is 13.2 Å². The molecule has 0 aromatic heterocycles. The predicted octanol–water partition coefficient (Wildman–Crippen LogP) is 3.76. The molecule has 1 aromatic carbocycles. The van der Waals surface area contributed by atoms with Crippen LogP contribution in [0.5, 0.6) is 0 Å². The second-order valence-electron chi connectivity index (χ2n) is 6.84. The number of rotatable bonds is 9. The Morgan fingerprint density at radius 2 is 1.88 bits per heavy atom. The summed E-state index contributed by atoms with van der Waals surface area (Å²) in [5.74, 6) is -0.255. The Labute approximate surface area is 160 Å². The SMILES string of the molecule is CC(=O)NC(CC(=O)NCCCOC1CCCCC1)c1ccc(Cl)cc1. The van der Waals surface area contributed by atoms with E-state index in [-0.39, 0.29) is 24.3 Å². The summed E-state index contributed by atoms with van der Waals surface area (Å²) < 4.78 is 5.86. The molecule has 1 fully saturated rings. The van der Waals surface area contributed by atoms with E-state index in [2.05, 4.69) is 10.6 Å². The molecule has 2 amide bonds. The summed E-state index contributed by atoms with van der Waals surface area (Å²) in [6.45, 7) is 2.71. The van der Waals surface area contributed by atoms with Gasteiger partial charge in [0.25, 0.3) is 0 Å². The Bertz CT molecular complexity index is 571. The molecule has 1 aromatic rings. The average Bonchev–Trinajstić information content (AvgIpc) is 2.62. The monoisotopic (exact) mass is 380 g/mol. The molecule has 26 heavy (non-hydrogen) atoms. The molecule has 1 saturated carbocycles. The van der Waals surface area contributed by atoms with E-state index >= 15 is 0 Å². The largest absolute Gasteiger partial charge is 0.378 e. The fraction of sp³-hybridized carbons (Fsp3) is 0.600. The third-order valence-corrected chi connectivity index (χ3v) is 4.84. The van der Waals surface area contributed by atoms with Gasteiger partial charge < -0.3 is 15.4 Å². The summed E-state index contributed by atoms with van der Waals surface area (Å²) in [4.78, 5) is 23.7. The highest BCUT2D eigenvalue weighted by Gasteiger charge is 2.17. The fourth-order valence-electron chi connectivity index (χ4n) is 3.23. The third-order valence-electron chi connectivity index (χ3n) is 4.59. The minimum Gasteiger partial charge on any atom is -0.378 e. The van der Waals surface area contributed by atoms with Crippen molar-refractivity contribution in [2.45, 2.75) is 64.0 Å². The van der Waals surface area contributed by atoms with Gasteiger partial charge in [-0.1, -0.05) is 43.0 Å². The second kappa shape index (κ2) is 11.2. The van der Waals surface area contributed by atoms with Crippen LogP contribution >= 0.6 is 11.6 Å². The normalized spacial score (nSPS) is 16.1. The molecule has 144 valence electrons. The van der Waals surface area contributed by atoms with Crippen LogP contribution in [0, 0.1) is 0 Å². The molecule has 0 aliphatic heterocycles. The van der Waals surface area contributed by atoms with E-state index in [0.717, 1.165) is 24.8 Å². The third kappa shape index (κ3) is 7.75. The fourth-order valence-corrected chi connectivity index (χ4v) is 3.36. The Morgan fingerprint density at radius 1 is 1.19 bits per heavy atom.